The van der Waals surface area contributed by atoms with Crippen molar-refractivity contribution in [3.8, 4) is 11.4 Å². The number of aromatic nitrogens is 3. The van der Waals surface area contributed by atoms with Crippen LogP contribution in [0.15, 0.2) is 28.7 Å². The van der Waals surface area contributed by atoms with Crippen LogP contribution in [0.3, 0.4) is 0 Å². The second-order valence-electron chi connectivity index (χ2n) is 4.25. The van der Waals surface area contributed by atoms with Gasteiger partial charge in [0.1, 0.15) is 5.82 Å². The largest absolute Gasteiger partial charge is 0.324 e. The maximum Gasteiger partial charge on any atom is 0.164 e. The van der Waals surface area contributed by atoms with E-state index in [0.29, 0.717) is 12.6 Å². The van der Waals surface area contributed by atoms with Crippen LogP contribution in [0.2, 0.25) is 0 Å². The van der Waals surface area contributed by atoms with E-state index in [9.17, 15) is 0 Å². The van der Waals surface area contributed by atoms with Crippen molar-refractivity contribution in [2.45, 2.75) is 25.4 Å². The summed E-state index contributed by atoms with van der Waals surface area (Å²) in [6.07, 6.45) is 2.41. The molecule has 0 radical (unpaired) electrons. The molecular formula is C12H13BrN4. The summed E-state index contributed by atoms with van der Waals surface area (Å²) in [6, 6.07) is 8.68. The SMILES string of the molecule is NCc1nnc(-c2ccc(Br)cc2)n1C1CC1. The van der Waals surface area contributed by atoms with Gasteiger partial charge in [-0.25, -0.2) is 0 Å². The Balaban J connectivity index is 2.07. The van der Waals surface area contributed by atoms with Gasteiger partial charge < -0.3 is 10.3 Å². The zero-order valence-corrected chi connectivity index (χ0v) is 10.9. The average Bonchev–Trinajstić information content (AvgIpc) is 3.10. The second-order valence-corrected chi connectivity index (χ2v) is 5.17. The zero-order valence-electron chi connectivity index (χ0n) is 9.31. The minimum absolute atomic E-state index is 0.444. The number of rotatable bonds is 3. The van der Waals surface area contributed by atoms with Gasteiger partial charge in [-0.2, -0.15) is 0 Å². The van der Waals surface area contributed by atoms with Crippen LogP contribution < -0.4 is 5.73 Å². The Morgan fingerprint density at radius 3 is 2.53 bits per heavy atom. The Hall–Kier alpha value is -1.20. The highest BCUT2D eigenvalue weighted by Gasteiger charge is 2.29. The summed E-state index contributed by atoms with van der Waals surface area (Å²) in [5.74, 6) is 1.81. The second kappa shape index (κ2) is 4.23. The third-order valence-electron chi connectivity index (χ3n) is 2.96. The van der Waals surface area contributed by atoms with Gasteiger partial charge in [-0.05, 0) is 25.0 Å². The molecule has 4 nitrogen and oxygen atoms in total. The third-order valence-corrected chi connectivity index (χ3v) is 3.49. The van der Waals surface area contributed by atoms with E-state index < -0.39 is 0 Å². The van der Waals surface area contributed by atoms with E-state index in [2.05, 4.69) is 30.7 Å². The first-order chi connectivity index (χ1) is 8.29. The molecule has 88 valence electrons. The van der Waals surface area contributed by atoms with E-state index in [1.807, 2.05) is 24.3 Å². The fraction of sp³-hybridized carbons (Fsp3) is 0.333. The molecule has 2 N–H and O–H groups in total. The third kappa shape index (κ3) is 2.00. The predicted octanol–water partition coefficient (Wildman–Crippen LogP) is 2.50. The van der Waals surface area contributed by atoms with Gasteiger partial charge in [-0.3, -0.25) is 0 Å². The molecule has 1 saturated carbocycles. The molecule has 0 amide bonds. The number of nitrogens with zero attached hydrogens (tertiary/aromatic N) is 3. The summed E-state index contributed by atoms with van der Waals surface area (Å²) in [6.45, 7) is 0.444. The molecule has 0 bridgehead atoms. The lowest BCUT2D eigenvalue weighted by Crippen LogP contribution is -2.08. The van der Waals surface area contributed by atoms with E-state index in [4.69, 9.17) is 5.73 Å². The van der Waals surface area contributed by atoms with Gasteiger partial charge in [0.25, 0.3) is 0 Å². The van der Waals surface area contributed by atoms with Crippen LogP contribution in [0.1, 0.15) is 24.7 Å². The molecule has 1 aliphatic carbocycles. The molecule has 1 fully saturated rings. The lowest BCUT2D eigenvalue weighted by Gasteiger charge is -2.07. The lowest BCUT2D eigenvalue weighted by molar-refractivity contribution is 0.688. The molecule has 0 unspecified atom stereocenters. The molecule has 17 heavy (non-hydrogen) atoms. The van der Waals surface area contributed by atoms with E-state index in [1.165, 1.54) is 12.8 Å². The Kier molecular flexibility index (Phi) is 2.72. The topological polar surface area (TPSA) is 56.7 Å². The molecule has 0 atom stereocenters. The predicted molar refractivity (Wildman–Crippen MR) is 69.3 cm³/mol. The Labute approximate surface area is 108 Å². The Morgan fingerprint density at radius 2 is 1.94 bits per heavy atom. The van der Waals surface area contributed by atoms with Crippen molar-refractivity contribution >= 4 is 15.9 Å². The fourth-order valence-corrected chi connectivity index (χ4v) is 2.24. The van der Waals surface area contributed by atoms with Gasteiger partial charge in [0, 0.05) is 16.1 Å². The van der Waals surface area contributed by atoms with Crippen LogP contribution in [0.4, 0.5) is 0 Å². The van der Waals surface area contributed by atoms with Crippen molar-refractivity contribution in [3.63, 3.8) is 0 Å². The van der Waals surface area contributed by atoms with Gasteiger partial charge in [-0.1, -0.05) is 28.1 Å². The molecule has 3 rings (SSSR count). The van der Waals surface area contributed by atoms with Crippen molar-refractivity contribution in [3.05, 3.63) is 34.6 Å². The summed E-state index contributed by atoms with van der Waals surface area (Å²) in [4.78, 5) is 0. The van der Waals surface area contributed by atoms with Gasteiger partial charge >= 0.3 is 0 Å². The van der Waals surface area contributed by atoms with E-state index in [-0.39, 0.29) is 0 Å². The molecule has 0 aliphatic heterocycles. The number of benzene rings is 1. The highest BCUT2D eigenvalue weighted by molar-refractivity contribution is 9.10. The smallest absolute Gasteiger partial charge is 0.164 e. The molecule has 1 aromatic heterocycles. The molecule has 1 heterocycles. The highest BCUT2D eigenvalue weighted by atomic mass is 79.9. The van der Waals surface area contributed by atoms with E-state index in [0.717, 1.165) is 21.7 Å². The minimum Gasteiger partial charge on any atom is -0.324 e. The highest BCUT2D eigenvalue weighted by Crippen LogP contribution is 2.38. The first-order valence-electron chi connectivity index (χ1n) is 5.69. The molecule has 1 aliphatic rings. The summed E-state index contributed by atoms with van der Waals surface area (Å²) >= 11 is 3.43. The minimum atomic E-state index is 0.444. The van der Waals surface area contributed by atoms with Crippen molar-refractivity contribution in [1.82, 2.24) is 14.8 Å². The summed E-state index contributed by atoms with van der Waals surface area (Å²) in [5, 5.41) is 8.44. The zero-order chi connectivity index (χ0) is 11.8. The Bertz CT molecular complexity index is 528. The molecule has 0 spiro atoms. The summed E-state index contributed by atoms with van der Waals surface area (Å²) < 4.78 is 3.25. The fourth-order valence-electron chi connectivity index (χ4n) is 1.98. The number of nitrogens with two attached hydrogens (primary N) is 1. The normalized spacial score (nSPS) is 15.2. The standard InChI is InChI=1S/C12H13BrN4/c13-9-3-1-8(2-4-9)12-16-15-11(7-14)17(12)10-5-6-10/h1-4,10H,5-7,14H2. The average molecular weight is 293 g/mol. The first kappa shape index (κ1) is 10.9. The molecule has 0 saturated heterocycles. The van der Waals surface area contributed by atoms with Crippen molar-refractivity contribution in [1.29, 1.82) is 0 Å². The maximum atomic E-state index is 5.70. The van der Waals surface area contributed by atoms with E-state index in [1.54, 1.807) is 0 Å². The number of hydrogen-bond donors (Lipinski definition) is 1. The molecular weight excluding hydrogens is 280 g/mol. The van der Waals surface area contributed by atoms with Gasteiger partial charge in [0.15, 0.2) is 5.82 Å². The lowest BCUT2D eigenvalue weighted by atomic mass is 10.2. The van der Waals surface area contributed by atoms with Crippen molar-refractivity contribution in [2.75, 3.05) is 0 Å². The van der Waals surface area contributed by atoms with Gasteiger partial charge in [0.05, 0.1) is 6.54 Å². The van der Waals surface area contributed by atoms with Crippen molar-refractivity contribution < 1.29 is 0 Å². The van der Waals surface area contributed by atoms with Crippen LogP contribution in [0.5, 0.6) is 0 Å². The monoisotopic (exact) mass is 292 g/mol. The van der Waals surface area contributed by atoms with Crippen LogP contribution in [-0.2, 0) is 6.54 Å². The van der Waals surface area contributed by atoms with Gasteiger partial charge in [-0.15, -0.1) is 10.2 Å². The van der Waals surface area contributed by atoms with Crippen LogP contribution in [-0.4, -0.2) is 14.8 Å². The summed E-state index contributed by atoms with van der Waals surface area (Å²) in [7, 11) is 0. The Morgan fingerprint density at radius 1 is 1.24 bits per heavy atom. The number of hydrogen-bond acceptors (Lipinski definition) is 3. The molecule has 1 aromatic carbocycles. The molecule has 5 heteroatoms. The summed E-state index contributed by atoms with van der Waals surface area (Å²) in [5.41, 5.74) is 6.79. The van der Waals surface area contributed by atoms with Crippen LogP contribution >= 0.6 is 15.9 Å². The van der Waals surface area contributed by atoms with Gasteiger partial charge in [0.2, 0.25) is 0 Å². The quantitative estimate of drug-likeness (QED) is 0.946. The maximum absolute atomic E-state index is 5.70. The van der Waals surface area contributed by atoms with Crippen molar-refractivity contribution in [2.24, 2.45) is 5.73 Å². The van der Waals surface area contributed by atoms with Crippen LogP contribution in [0, 0.1) is 0 Å². The first-order valence-corrected chi connectivity index (χ1v) is 6.48. The number of halogens is 1. The van der Waals surface area contributed by atoms with E-state index >= 15 is 0 Å². The molecule has 2 aromatic rings. The van der Waals surface area contributed by atoms with Crippen LogP contribution in [0.25, 0.3) is 11.4 Å².